The zero-order valence-corrected chi connectivity index (χ0v) is 16.8. The zero-order chi connectivity index (χ0) is 19.8. The summed E-state index contributed by atoms with van der Waals surface area (Å²) in [6.45, 7) is 4.66. The van der Waals surface area contributed by atoms with Crippen molar-refractivity contribution in [3.63, 3.8) is 0 Å². The Morgan fingerprint density at radius 2 is 1.68 bits per heavy atom. The normalized spacial score (nSPS) is 10.9. The van der Waals surface area contributed by atoms with E-state index in [1.54, 1.807) is 12.4 Å². The van der Waals surface area contributed by atoms with E-state index < -0.39 is 0 Å². The number of benzene rings is 1. The van der Waals surface area contributed by atoms with Gasteiger partial charge in [-0.1, -0.05) is 29.8 Å². The maximum Gasteiger partial charge on any atom is 0.225 e. The van der Waals surface area contributed by atoms with E-state index in [1.165, 1.54) is 11.1 Å². The highest BCUT2D eigenvalue weighted by molar-refractivity contribution is 5.63. The van der Waals surface area contributed by atoms with Gasteiger partial charge in [0, 0.05) is 37.1 Å². The Kier molecular flexibility index (Phi) is 6.92. The van der Waals surface area contributed by atoms with Crippen molar-refractivity contribution in [2.24, 2.45) is 0 Å². The summed E-state index contributed by atoms with van der Waals surface area (Å²) in [7, 11) is 4.15. The fraction of sp³-hybridized carbons (Fsp3) is 0.318. The van der Waals surface area contributed by atoms with Crippen molar-refractivity contribution in [1.82, 2.24) is 19.9 Å². The second-order valence-corrected chi connectivity index (χ2v) is 7.12. The Bertz CT molecular complexity index is 862. The number of aryl methyl sites for hydroxylation is 1. The quantitative estimate of drug-likeness (QED) is 0.554. The molecular formula is C22H28N6. The molecule has 6 heteroatoms. The molecule has 146 valence electrons. The number of hydrogen-bond acceptors (Lipinski definition) is 6. The third kappa shape index (κ3) is 6.03. The van der Waals surface area contributed by atoms with Crippen molar-refractivity contribution in [2.45, 2.75) is 19.9 Å². The summed E-state index contributed by atoms with van der Waals surface area (Å²) in [4.78, 5) is 15.6. The molecule has 0 fully saturated rings. The van der Waals surface area contributed by atoms with Crippen LogP contribution in [0.1, 0.15) is 17.5 Å². The number of anilines is 2. The molecule has 6 nitrogen and oxygen atoms in total. The van der Waals surface area contributed by atoms with Crippen LogP contribution < -0.4 is 10.6 Å². The molecule has 0 atom stereocenters. The first-order valence-electron chi connectivity index (χ1n) is 9.57. The predicted molar refractivity (Wildman–Crippen MR) is 115 cm³/mol. The summed E-state index contributed by atoms with van der Waals surface area (Å²) < 4.78 is 0. The van der Waals surface area contributed by atoms with Crippen LogP contribution >= 0.6 is 0 Å². The maximum absolute atomic E-state index is 4.68. The van der Waals surface area contributed by atoms with Gasteiger partial charge in [0.1, 0.15) is 5.82 Å². The minimum Gasteiger partial charge on any atom is -0.366 e. The lowest BCUT2D eigenvalue weighted by Gasteiger charge is -2.13. The number of pyridine rings is 1. The Labute approximate surface area is 167 Å². The molecule has 0 saturated heterocycles. The maximum atomic E-state index is 4.68. The Balaban J connectivity index is 1.75. The van der Waals surface area contributed by atoms with Crippen LogP contribution in [0.4, 0.5) is 11.8 Å². The molecule has 0 saturated carbocycles. The van der Waals surface area contributed by atoms with Crippen molar-refractivity contribution in [3.8, 4) is 11.3 Å². The van der Waals surface area contributed by atoms with Crippen molar-refractivity contribution >= 4 is 11.8 Å². The smallest absolute Gasteiger partial charge is 0.225 e. The van der Waals surface area contributed by atoms with Crippen LogP contribution in [0.5, 0.6) is 0 Å². The van der Waals surface area contributed by atoms with E-state index in [0.717, 1.165) is 36.6 Å². The van der Waals surface area contributed by atoms with E-state index in [0.29, 0.717) is 12.5 Å². The van der Waals surface area contributed by atoms with Gasteiger partial charge in [-0.25, -0.2) is 4.98 Å². The van der Waals surface area contributed by atoms with Gasteiger partial charge in [-0.2, -0.15) is 4.98 Å². The monoisotopic (exact) mass is 376 g/mol. The summed E-state index contributed by atoms with van der Waals surface area (Å²) >= 11 is 0. The van der Waals surface area contributed by atoms with E-state index in [1.807, 2.05) is 18.2 Å². The van der Waals surface area contributed by atoms with Gasteiger partial charge in [0.15, 0.2) is 0 Å². The van der Waals surface area contributed by atoms with Gasteiger partial charge in [0.2, 0.25) is 5.95 Å². The molecule has 0 aliphatic heterocycles. The van der Waals surface area contributed by atoms with Crippen molar-refractivity contribution in [3.05, 3.63) is 66.0 Å². The largest absolute Gasteiger partial charge is 0.366 e. The fourth-order valence-corrected chi connectivity index (χ4v) is 2.78. The first kappa shape index (κ1) is 19.8. The molecule has 1 aromatic carbocycles. The topological polar surface area (TPSA) is 66.0 Å². The number of hydrogen-bond donors (Lipinski definition) is 2. The molecule has 3 aromatic rings. The number of nitrogens with zero attached hydrogens (tertiary/aromatic N) is 4. The van der Waals surface area contributed by atoms with Crippen molar-refractivity contribution in [2.75, 3.05) is 37.8 Å². The molecule has 2 heterocycles. The number of aromatic nitrogens is 3. The minimum absolute atomic E-state index is 0.638. The number of nitrogens with one attached hydrogen (secondary N) is 2. The van der Waals surface area contributed by atoms with Crippen LogP contribution in [0.3, 0.4) is 0 Å². The van der Waals surface area contributed by atoms with Crippen molar-refractivity contribution in [1.29, 1.82) is 0 Å². The van der Waals surface area contributed by atoms with Gasteiger partial charge in [-0.3, -0.25) is 4.98 Å². The van der Waals surface area contributed by atoms with Crippen molar-refractivity contribution < 1.29 is 0 Å². The molecule has 3 rings (SSSR count). The molecule has 0 bridgehead atoms. The lowest BCUT2D eigenvalue weighted by molar-refractivity contribution is 0.405. The molecule has 0 unspecified atom stereocenters. The average Bonchev–Trinajstić information content (AvgIpc) is 2.71. The summed E-state index contributed by atoms with van der Waals surface area (Å²) in [5, 5.41) is 6.78. The van der Waals surface area contributed by atoms with Crippen LogP contribution in [0.2, 0.25) is 0 Å². The molecule has 2 N–H and O–H groups in total. The summed E-state index contributed by atoms with van der Waals surface area (Å²) in [5.41, 5.74) is 4.37. The standard InChI is InChI=1S/C22H28N6/c1-17-5-7-18(8-6-17)16-25-21-15-20(19-9-12-23-13-10-19)26-22(27-21)24-11-4-14-28(2)3/h5-10,12-13,15H,4,11,14,16H2,1-3H3,(H2,24,25,26,27). The Morgan fingerprint density at radius 3 is 2.39 bits per heavy atom. The van der Waals surface area contributed by atoms with Crippen LogP contribution in [0.15, 0.2) is 54.9 Å². The first-order chi connectivity index (χ1) is 13.6. The third-order valence-electron chi connectivity index (χ3n) is 4.36. The summed E-state index contributed by atoms with van der Waals surface area (Å²) in [6, 6.07) is 14.4. The van der Waals surface area contributed by atoms with Gasteiger partial charge >= 0.3 is 0 Å². The highest BCUT2D eigenvalue weighted by atomic mass is 15.1. The molecule has 0 radical (unpaired) electrons. The fourth-order valence-electron chi connectivity index (χ4n) is 2.78. The van der Waals surface area contributed by atoms with Gasteiger partial charge in [0.05, 0.1) is 5.69 Å². The second kappa shape index (κ2) is 9.80. The first-order valence-corrected chi connectivity index (χ1v) is 9.57. The molecule has 0 aliphatic rings. The zero-order valence-electron chi connectivity index (χ0n) is 16.8. The van der Waals surface area contributed by atoms with Gasteiger partial charge < -0.3 is 15.5 Å². The lowest BCUT2D eigenvalue weighted by Crippen LogP contribution is -2.17. The molecule has 0 spiro atoms. The van der Waals surface area contributed by atoms with E-state index >= 15 is 0 Å². The minimum atomic E-state index is 0.638. The Hall–Kier alpha value is -2.99. The molecule has 2 aromatic heterocycles. The Morgan fingerprint density at radius 1 is 0.929 bits per heavy atom. The average molecular weight is 377 g/mol. The number of rotatable bonds is 9. The highest BCUT2D eigenvalue weighted by Crippen LogP contribution is 2.21. The lowest BCUT2D eigenvalue weighted by atomic mass is 10.1. The van der Waals surface area contributed by atoms with Gasteiger partial charge in [0.25, 0.3) is 0 Å². The molecule has 0 aliphatic carbocycles. The van der Waals surface area contributed by atoms with Crippen LogP contribution in [-0.4, -0.2) is 47.0 Å². The van der Waals surface area contributed by atoms with Crippen LogP contribution in [0, 0.1) is 6.92 Å². The highest BCUT2D eigenvalue weighted by Gasteiger charge is 2.07. The molecule has 28 heavy (non-hydrogen) atoms. The predicted octanol–water partition coefficient (Wildman–Crippen LogP) is 3.82. The van der Waals surface area contributed by atoms with E-state index in [9.17, 15) is 0 Å². The van der Waals surface area contributed by atoms with Crippen LogP contribution in [0.25, 0.3) is 11.3 Å². The summed E-state index contributed by atoms with van der Waals surface area (Å²) in [6.07, 6.45) is 4.59. The second-order valence-electron chi connectivity index (χ2n) is 7.12. The molecule has 0 amide bonds. The molecular weight excluding hydrogens is 348 g/mol. The summed E-state index contributed by atoms with van der Waals surface area (Å²) in [5.74, 6) is 1.44. The third-order valence-corrected chi connectivity index (χ3v) is 4.36. The van der Waals surface area contributed by atoms with E-state index in [2.05, 4.69) is 75.8 Å². The van der Waals surface area contributed by atoms with Crippen LogP contribution in [-0.2, 0) is 6.54 Å². The van der Waals surface area contributed by atoms with Gasteiger partial charge in [-0.05, 0) is 51.7 Å². The van der Waals surface area contributed by atoms with E-state index in [-0.39, 0.29) is 0 Å². The van der Waals surface area contributed by atoms with E-state index in [4.69, 9.17) is 0 Å². The van der Waals surface area contributed by atoms with Gasteiger partial charge in [-0.15, -0.1) is 0 Å². The SMILES string of the molecule is Cc1ccc(CNc2cc(-c3ccncc3)nc(NCCCN(C)C)n2)cc1.